The molecule has 0 bridgehead atoms. The number of nitrogens with one attached hydrogen (secondary N) is 1. The van der Waals surface area contributed by atoms with Crippen LogP contribution in [0, 0.1) is 5.41 Å². The summed E-state index contributed by atoms with van der Waals surface area (Å²) in [4.78, 5) is 15.3. The van der Waals surface area contributed by atoms with Crippen LogP contribution in [0.15, 0.2) is 48.5 Å². The number of rotatable bonds is 2. The second-order valence-corrected chi connectivity index (χ2v) is 7.72. The molecule has 2 heterocycles. The fourth-order valence-electron chi connectivity index (χ4n) is 4.27. The van der Waals surface area contributed by atoms with Crippen LogP contribution in [-0.2, 0) is 24.3 Å². The number of hydrogen-bond acceptors (Lipinski definition) is 2. The summed E-state index contributed by atoms with van der Waals surface area (Å²) in [6, 6.07) is 16.4. The van der Waals surface area contributed by atoms with Gasteiger partial charge in [-0.25, -0.2) is 0 Å². The first-order valence-electron chi connectivity index (χ1n) is 8.97. The molecule has 0 radical (unpaired) electrons. The Morgan fingerprint density at radius 2 is 1.84 bits per heavy atom. The van der Waals surface area contributed by atoms with E-state index in [1.807, 2.05) is 24.3 Å². The van der Waals surface area contributed by atoms with Gasteiger partial charge < -0.3 is 5.32 Å². The third-order valence-corrected chi connectivity index (χ3v) is 5.94. The van der Waals surface area contributed by atoms with Gasteiger partial charge in [-0.2, -0.15) is 0 Å². The van der Waals surface area contributed by atoms with Crippen LogP contribution in [0.2, 0.25) is 5.02 Å². The van der Waals surface area contributed by atoms with Crippen molar-refractivity contribution >= 4 is 17.5 Å². The second-order valence-electron chi connectivity index (χ2n) is 7.31. The molecule has 3 nitrogen and oxygen atoms in total. The molecule has 130 valence electrons. The van der Waals surface area contributed by atoms with Gasteiger partial charge in [-0.3, -0.25) is 9.69 Å². The highest BCUT2D eigenvalue weighted by molar-refractivity contribution is 6.31. The van der Waals surface area contributed by atoms with Gasteiger partial charge in [-0.05, 0) is 48.6 Å². The molecule has 1 unspecified atom stereocenters. The van der Waals surface area contributed by atoms with Gasteiger partial charge in [0.25, 0.3) is 0 Å². The fourth-order valence-corrected chi connectivity index (χ4v) is 4.47. The number of piperidine rings is 1. The van der Waals surface area contributed by atoms with Crippen LogP contribution < -0.4 is 5.32 Å². The molecule has 1 spiro atoms. The van der Waals surface area contributed by atoms with Gasteiger partial charge in [0.05, 0.1) is 5.41 Å². The summed E-state index contributed by atoms with van der Waals surface area (Å²) < 4.78 is 0. The summed E-state index contributed by atoms with van der Waals surface area (Å²) >= 11 is 6.34. The van der Waals surface area contributed by atoms with E-state index in [-0.39, 0.29) is 11.3 Å². The molecule has 25 heavy (non-hydrogen) atoms. The topological polar surface area (TPSA) is 32.3 Å². The third kappa shape index (κ3) is 3.31. The Hall–Kier alpha value is -1.84. The van der Waals surface area contributed by atoms with Gasteiger partial charge >= 0.3 is 0 Å². The number of fused-ring (bicyclic) bond motifs is 1. The van der Waals surface area contributed by atoms with E-state index in [2.05, 4.69) is 34.5 Å². The van der Waals surface area contributed by atoms with Gasteiger partial charge in [0, 0.05) is 24.7 Å². The maximum absolute atomic E-state index is 13.0. The lowest BCUT2D eigenvalue weighted by molar-refractivity contribution is -0.134. The van der Waals surface area contributed by atoms with Crippen molar-refractivity contribution in [2.75, 3.05) is 13.1 Å². The molecule has 2 aromatic rings. The standard InChI is InChI=1S/C21H23ClN2O/c22-19-9-4-3-8-18(19)14-24-11-5-10-21(15-24)12-16-6-1-2-7-17(16)13-23-20(21)25/h1-4,6-9H,5,10-15H2,(H,23,25). The van der Waals surface area contributed by atoms with Crippen molar-refractivity contribution in [1.82, 2.24) is 10.2 Å². The molecule has 0 aliphatic carbocycles. The van der Waals surface area contributed by atoms with E-state index in [0.29, 0.717) is 6.54 Å². The van der Waals surface area contributed by atoms with Crippen LogP contribution >= 0.6 is 11.6 Å². The monoisotopic (exact) mass is 354 g/mol. The van der Waals surface area contributed by atoms with E-state index >= 15 is 0 Å². The molecule has 1 fully saturated rings. The lowest BCUT2D eigenvalue weighted by Crippen LogP contribution is -2.51. The van der Waals surface area contributed by atoms with Crippen LogP contribution in [0.25, 0.3) is 0 Å². The van der Waals surface area contributed by atoms with E-state index in [0.717, 1.165) is 49.5 Å². The minimum absolute atomic E-state index is 0.201. The van der Waals surface area contributed by atoms with Gasteiger partial charge in [0.15, 0.2) is 0 Å². The van der Waals surface area contributed by atoms with Gasteiger partial charge in [0.2, 0.25) is 5.91 Å². The molecule has 1 amide bonds. The second kappa shape index (κ2) is 6.81. The largest absolute Gasteiger partial charge is 0.351 e. The smallest absolute Gasteiger partial charge is 0.228 e. The number of likely N-dealkylation sites (tertiary alicyclic amines) is 1. The average Bonchev–Trinajstić information content (AvgIpc) is 2.75. The number of nitrogens with zero attached hydrogens (tertiary/aromatic N) is 1. The van der Waals surface area contributed by atoms with Crippen molar-refractivity contribution in [3.05, 3.63) is 70.2 Å². The van der Waals surface area contributed by atoms with Crippen LogP contribution in [0.1, 0.15) is 29.5 Å². The molecule has 0 saturated carbocycles. The third-order valence-electron chi connectivity index (χ3n) is 5.58. The van der Waals surface area contributed by atoms with Gasteiger partial charge in [-0.1, -0.05) is 54.1 Å². The maximum atomic E-state index is 13.0. The summed E-state index contributed by atoms with van der Waals surface area (Å²) in [5.41, 5.74) is 3.36. The summed E-state index contributed by atoms with van der Waals surface area (Å²) in [5, 5.41) is 3.97. The van der Waals surface area contributed by atoms with Crippen molar-refractivity contribution in [3.63, 3.8) is 0 Å². The Morgan fingerprint density at radius 1 is 1.08 bits per heavy atom. The summed E-state index contributed by atoms with van der Waals surface area (Å²) in [6.45, 7) is 3.25. The van der Waals surface area contributed by atoms with E-state index in [1.165, 1.54) is 11.1 Å². The van der Waals surface area contributed by atoms with Crippen LogP contribution in [0.3, 0.4) is 0 Å². The van der Waals surface area contributed by atoms with Crippen molar-refractivity contribution in [2.24, 2.45) is 5.41 Å². The van der Waals surface area contributed by atoms with Crippen LogP contribution in [0.4, 0.5) is 0 Å². The first kappa shape index (κ1) is 16.6. The summed E-state index contributed by atoms with van der Waals surface area (Å²) in [6.07, 6.45) is 2.82. The van der Waals surface area contributed by atoms with Gasteiger partial charge in [0.1, 0.15) is 0 Å². The number of halogens is 1. The van der Waals surface area contributed by atoms with Crippen molar-refractivity contribution in [1.29, 1.82) is 0 Å². The minimum atomic E-state index is -0.327. The Bertz CT molecular complexity index is 791. The average molecular weight is 355 g/mol. The molecule has 4 rings (SSSR count). The zero-order valence-corrected chi connectivity index (χ0v) is 15.1. The molecular weight excluding hydrogens is 332 g/mol. The molecule has 1 saturated heterocycles. The molecule has 2 aliphatic rings. The Balaban J connectivity index is 1.58. The number of benzene rings is 2. The molecule has 2 aliphatic heterocycles. The van der Waals surface area contributed by atoms with Crippen LogP contribution in [0.5, 0.6) is 0 Å². The van der Waals surface area contributed by atoms with E-state index < -0.39 is 0 Å². The Labute approximate surface area is 154 Å². The lowest BCUT2D eigenvalue weighted by Gasteiger charge is -2.41. The highest BCUT2D eigenvalue weighted by atomic mass is 35.5. The quantitative estimate of drug-likeness (QED) is 0.889. The van der Waals surface area contributed by atoms with Crippen LogP contribution in [-0.4, -0.2) is 23.9 Å². The fraction of sp³-hybridized carbons (Fsp3) is 0.381. The Kier molecular flexibility index (Phi) is 4.53. The minimum Gasteiger partial charge on any atom is -0.351 e. The SMILES string of the molecule is O=C1NCc2ccccc2CC12CCCN(Cc1ccccc1Cl)C2. The lowest BCUT2D eigenvalue weighted by atomic mass is 9.74. The number of carbonyl (C=O) groups excluding carboxylic acids is 1. The molecule has 2 aromatic carbocycles. The highest BCUT2D eigenvalue weighted by Crippen LogP contribution is 2.37. The van der Waals surface area contributed by atoms with E-state index in [9.17, 15) is 4.79 Å². The zero-order valence-electron chi connectivity index (χ0n) is 14.3. The molecule has 1 N–H and O–H groups in total. The molecule has 0 aromatic heterocycles. The molecule has 4 heteroatoms. The number of hydrogen-bond donors (Lipinski definition) is 1. The van der Waals surface area contributed by atoms with E-state index in [4.69, 9.17) is 11.6 Å². The summed E-state index contributed by atoms with van der Waals surface area (Å²) in [7, 11) is 0. The van der Waals surface area contributed by atoms with E-state index in [1.54, 1.807) is 0 Å². The van der Waals surface area contributed by atoms with Crippen molar-refractivity contribution in [3.8, 4) is 0 Å². The Morgan fingerprint density at radius 3 is 2.68 bits per heavy atom. The molecule has 1 atom stereocenters. The predicted octanol–water partition coefficient (Wildman–Crippen LogP) is 3.79. The predicted molar refractivity (Wildman–Crippen MR) is 100 cm³/mol. The maximum Gasteiger partial charge on any atom is 0.228 e. The summed E-state index contributed by atoms with van der Waals surface area (Å²) in [5.74, 6) is 0.201. The highest BCUT2D eigenvalue weighted by Gasteiger charge is 2.43. The first-order valence-corrected chi connectivity index (χ1v) is 9.35. The number of carbonyl (C=O) groups is 1. The first-order chi connectivity index (χ1) is 12.2. The zero-order chi connectivity index (χ0) is 17.3. The van der Waals surface area contributed by atoms with Crippen molar-refractivity contribution < 1.29 is 4.79 Å². The molecular formula is C21H23ClN2O. The normalized spacial score (nSPS) is 23.8. The van der Waals surface area contributed by atoms with Crippen molar-refractivity contribution in [2.45, 2.75) is 32.4 Å². The number of amides is 1. The van der Waals surface area contributed by atoms with Gasteiger partial charge in [-0.15, -0.1) is 0 Å².